The van der Waals surface area contributed by atoms with Crippen LogP contribution in [0.4, 0.5) is 4.39 Å². The molecule has 0 aliphatic rings. The van der Waals surface area contributed by atoms with Crippen molar-refractivity contribution in [2.75, 3.05) is 0 Å². The van der Waals surface area contributed by atoms with Gasteiger partial charge in [0.15, 0.2) is 0 Å². The van der Waals surface area contributed by atoms with Crippen LogP contribution in [-0.2, 0) is 5.88 Å². The maximum Gasteiger partial charge on any atom is 0.147 e. The summed E-state index contributed by atoms with van der Waals surface area (Å²) < 4.78 is 15.7. The van der Waals surface area contributed by atoms with Crippen LogP contribution in [0.3, 0.4) is 0 Å². The highest BCUT2D eigenvalue weighted by Crippen LogP contribution is 2.26. The molecule has 0 unspecified atom stereocenters. The molecule has 3 aromatic rings. The van der Waals surface area contributed by atoms with Crippen molar-refractivity contribution in [3.8, 4) is 11.8 Å². The molecule has 3 nitrogen and oxygen atoms in total. The number of hydrogen-bond acceptors (Lipinski definition) is 2. The second kappa shape index (κ2) is 4.95. The quantitative estimate of drug-likeness (QED) is 0.673. The molecule has 2 aromatic carbocycles. The summed E-state index contributed by atoms with van der Waals surface area (Å²) in [6.07, 6.45) is 0. The topological polar surface area (TPSA) is 41.6 Å². The molecule has 0 aliphatic carbocycles. The van der Waals surface area contributed by atoms with Gasteiger partial charge in [-0.25, -0.2) is 9.37 Å². The fourth-order valence-electron chi connectivity index (χ4n) is 2.23. The van der Waals surface area contributed by atoms with E-state index in [0.29, 0.717) is 28.1 Å². The molecule has 1 heterocycles. The Morgan fingerprint density at radius 1 is 1.20 bits per heavy atom. The van der Waals surface area contributed by atoms with Crippen molar-refractivity contribution in [2.24, 2.45) is 0 Å². The van der Waals surface area contributed by atoms with Gasteiger partial charge in [-0.1, -0.05) is 18.2 Å². The molecule has 0 saturated carbocycles. The molecule has 0 fully saturated rings. The molecule has 0 atom stereocenters. The van der Waals surface area contributed by atoms with Crippen LogP contribution in [0.15, 0.2) is 42.5 Å². The van der Waals surface area contributed by atoms with Crippen molar-refractivity contribution in [2.45, 2.75) is 5.88 Å². The lowest BCUT2D eigenvalue weighted by atomic mass is 10.2. The Bertz CT molecular complexity index is 833. The third kappa shape index (κ3) is 1.84. The van der Waals surface area contributed by atoms with Gasteiger partial charge >= 0.3 is 0 Å². The van der Waals surface area contributed by atoms with E-state index in [0.717, 1.165) is 0 Å². The van der Waals surface area contributed by atoms with E-state index < -0.39 is 0 Å². The molecule has 5 heteroatoms. The second-order valence-electron chi connectivity index (χ2n) is 4.23. The maximum absolute atomic E-state index is 14.0. The molecule has 98 valence electrons. The predicted molar refractivity (Wildman–Crippen MR) is 75.3 cm³/mol. The van der Waals surface area contributed by atoms with Crippen molar-refractivity contribution in [3.63, 3.8) is 0 Å². The Hall–Kier alpha value is -2.38. The minimum Gasteiger partial charge on any atom is -0.292 e. The minimum atomic E-state index is -0.361. The van der Waals surface area contributed by atoms with Crippen molar-refractivity contribution < 1.29 is 4.39 Å². The number of benzene rings is 2. The number of fused-ring (bicyclic) bond motifs is 1. The lowest BCUT2D eigenvalue weighted by Gasteiger charge is -2.08. The first kappa shape index (κ1) is 12.6. The Labute approximate surface area is 119 Å². The van der Waals surface area contributed by atoms with Crippen molar-refractivity contribution in [3.05, 3.63) is 59.7 Å². The zero-order valence-electron chi connectivity index (χ0n) is 10.3. The molecular weight excluding hydrogens is 277 g/mol. The number of nitrogens with zero attached hydrogens (tertiary/aromatic N) is 3. The van der Waals surface area contributed by atoms with Crippen LogP contribution in [0.1, 0.15) is 11.4 Å². The Morgan fingerprint density at radius 3 is 2.70 bits per heavy atom. The van der Waals surface area contributed by atoms with Gasteiger partial charge in [0, 0.05) is 0 Å². The van der Waals surface area contributed by atoms with Crippen LogP contribution in [0.25, 0.3) is 16.7 Å². The Balaban J connectivity index is 2.41. The Kier molecular flexibility index (Phi) is 3.13. The average molecular weight is 286 g/mol. The van der Waals surface area contributed by atoms with Crippen molar-refractivity contribution in [1.82, 2.24) is 9.55 Å². The van der Waals surface area contributed by atoms with E-state index >= 15 is 0 Å². The van der Waals surface area contributed by atoms with E-state index in [1.807, 2.05) is 0 Å². The predicted octanol–water partition coefficient (Wildman–Crippen LogP) is 3.78. The summed E-state index contributed by atoms with van der Waals surface area (Å²) in [4.78, 5) is 4.36. The molecule has 0 spiro atoms. The van der Waals surface area contributed by atoms with E-state index in [2.05, 4.69) is 11.1 Å². The molecule has 0 aliphatic heterocycles. The van der Waals surface area contributed by atoms with Gasteiger partial charge in [0.05, 0.1) is 22.6 Å². The van der Waals surface area contributed by atoms with Gasteiger partial charge in [-0.3, -0.25) is 4.57 Å². The molecule has 0 saturated heterocycles. The number of alkyl halides is 1. The molecule has 0 amide bonds. The smallest absolute Gasteiger partial charge is 0.147 e. The van der Waals surface area contributed by atoms with Gasteiger partial charge in [-0.15, -0.1) is 11.6 Å². The summed E-state index contributed by atoms with van der Waals surface area (Å²) >= 11 is 5.91. The molecule has 0 radical (unpaired) electrons. The number of imidazole rings is 1. The highest BCUT2D eigenvalue weighted by molar-refractivity contribution is 6.17. The fraction of sp³-hybridized carbons (Fsp3) is 0.0667. The van der Waals surface area contributed by atoms with Gasteiger partial charge in [-0.2, -0.15) is 5.26 Å². The van der Waals surface area contributed by atoms with Crippen molar-refractivity contribution in [1.29, 1.82) is 5.26 Å². The first-order valence-corrected chi connectivity index (χ1v) is 6.51. The van der Waals surface area contributed by atoms with Gasteiger partial charge in [-0.05, 0) is 24.3 Å². The number of aromatic nitrogens is 2. The highest BCUT2D eigenvalue weighted by Gasteiger charge is 2.16. The van der Waals surface area contributed by atoms with Gasteiger partial charge in [0.2, 0.25) is 0 Å². The zero-order chi connectivity index (χ0) is 14.1. The van der Waals surface area contributed by atoms with E-state index in [-0.39, 0.29) is 11.7 Å². The average Bonchev–Trinajstić information content (AvgIpc) is 2.86. The Morgan fingerprint density at radius 2 is 2.00 bits per heavy atom. The number of halogens is 2. The van der Waals surface area contributed by atoms with E-state index in [4.69, 9.17) is 16.9 Å². The summed E-state index contributed by atoms with van der Waals surface area (Å²) in [7, 11) is 0. The standard InChI is InChI=1S/C15H9ClFN3/c16-8-14-19-15-10(9-18)4-3-7-13(15)20(14)12-6-2-1-5-11(12)17/h1-7H,8H2. The fourth-order valence-corrected chi connectivity index (χ4v) is 2.41. The normalized spacial score (nSPS) is 10.7. The number of nitriles is 1. The third-order valence-electron chi connectivity index (χ3n) is 3.09. The van der Waals surface area contributed by atoms with Gasteiger partial charge in [0.25, 0.3) is 0 Å². The first-order chi connectivity index (χ1) is 9.76. The van der Waals surface area contributed by atoms with Crippen LogP contribution in [0.2, 0.25) is 0 Å². The SMILES string of the molecule is N#Cc1cccc2c1nc(CCl)n2-c1ccccc1F. The summed E-state index contributed by atoms with van der Waals surface area (Å²) in [5.74, 6) is 0.281. The summed E-state index contributed by atoms with van der Waals surface area (Å²) in [5, 5.41) is 9.13. The van der Waals surface area contributed by atoms with Crippen LogP contribution in [0.5, 0.6) is 0 Å². The summed E-state index contributed by atoms with van der Waals surface area (Å²) in [6, 6.07) is 13.7. The first-order valence-electron chi connectivity index (χ1n) is 5.97. The monoisotopic (exact) mass is 285 g/mol. The third-order valence-corrected chi connectivity index (χ3v) is 3.33. The number of hydrogen-bond donors (Lipinski definition) is 0. The molecule has 3 rings (SSSR count). The minimum absolute atomic E-state index is 0.133. The summed E-state index contributed by atoms with van der Waals surface area (Å²) in [5.41, 5.74) is 2.03. The molecule has 0 N–H and O–H groups in total. The van der Waals surface area contributed by atoms with Crippen LogP contribution in [-0.4, -0.2) is 9.55 Å². The van der Waals surface area contributed by atoms with Crippen LogP contribution in [0, 0.1) is 17.1 Å². The van der Waals surface area contributed by atoms with Crippen LogP contribution >= 0.6 is 11.6 Å². The number of rotatable bonds is 2. The van der Waals surface area contributed by atoms with Crippen LogP contribution < -0.4 is 0 Å². The second-order valence-corrected chi connectivity index (χ2v) is 4.50. The molecule has 1 aromatic heterocycles. The van der Waals surface area contributed by atoms with Gasteiger partial charge < -0.3 is 0 Å². The highest BCUT2D eigenvalue weighted by atomic mass is 35.5. The lowest BCUT2D eigenvalue weighted by molar-refractivity contribution is 0.618. The van der Waals surface area contributed by atoms with E-state index in [1.165, 1.54) is 6.07 Å². The molecule has 0 bridgehead atoms. The molecule has 20 heavy (non-hydrogen) atoms. The van der Waals surface area contributed by atoms with Crippen molar-refractivity contribution >= 4 is 22.6 Å². The van der Waals surface area contributed by atoms with E-state index in [9.17, 15) is 4.39 Å². The number of para-hydroxylation sites is 2. The van der Waals surface area contributed by atoms with E-state index in [1.54, 1.807) is 41.0 Å². The lowest BCUT2D eigenvalue weighted by Crippen LogP contribution is -2.01. The molecular formula is C15H9ClFN3. The largest absolute Gasteiger partial charge is 0.292 e. The van der Waals surface area contributed by atoms with Gasteiger partial charge in [0.1, 0.15) is 23.2 Å². The zero-order valence-corrected chi connectivity index (χ0v) is 11.1. The summed E-state index contributed by atoms with van der Waals surface area (Å²) in [6.45, 7) is 0. The maximum atomic E-state index is 14.0.